The van der Waals surface area contributed by atoms with E-state index >= 15 is 0 Å². The standard InChI is InChI=1S/C16H20N4O3S/c1-3-8-22-14-7-6-11(15(19-14)24-2)17-16(21)18-13-9-12(23-20-13)10-4-5-10/h6-7,9-10H,3-5,8H2,1-2H3,(H2,17,18,20,21). The van der Waals surface area contributed by atoms with Crippen LogP contribution in [-0.4, -0.2) is 29.0 Å². The highest BCUT2D eigenvalue weighted by Gasteiger charge is 2.28. The maximum Gasteiger partial charge on any atom is 0.325 e. The molecule has 2 aromatic heterocycles. The Kier molecular flexibility index (Phi) is 5.24. The van der Waals surface area contributed by atoms with E-state index in [-0.39, 0.29) is 6.03 Å². The van der Waals surface area contributed by atoms with E-state index in [1.807, 2.05) is 13.2 Å². The van der Waals surface area contributed by atoms with Gasteiger partial charge in [-0.1, -0.05) is 12.1 Å². The number of thioether (sulfide) groups is 1. The second-order valence-electron chi connectivity index (χ2n) is 5.52. The molecule has 1 fully saturated rings. The lowest BCUT2D eigenvalue weighted by atomic mass is 10.3. The highest BCUT2D eigenvalue weighted by molar-refractivity contribution is 7.98. The van der Waals surface area contributed by atoms with Crippen molar-refractivity contribution in [2.45, 2.75) is 37.1 Å². The van der Waals surface area contributed by atoms with Gasteiger partial charge in [-0.3, -0.25) is 5.32 Å². The molecule has 2 heterocycles. The third-order valence-electron chi connectivity index (χ3n) is 3.48. The molecule has 0 aromatic carbocycles. The van der Waals surface area contributed by atoms with Crippen molar-refractivity contribution < 1.29 is 14.1 Å². The molecule has 128 valence electrons. The first-order chi connectivity index (χ1) is 11.7. The lowest BCUT2D eigenvalue weighted by Gasteiger charge is -2.11. The number of amides is 2. The molecule has 0 unspecified atom stereocenters. The molecule has 2 amide bonds. The van der Waals surface area contributed by atoms with Crippen LogP contribution in [0.3, 0.4) is 0 Å². The zero-order valence-electron chi connectivity index (χ0n) is 13.7. The van der Waals surface area contributed by atoms with Crippen LogP contribution in [0.2, 0.25) is 0 Å². The first-order valence-electron chi connectivity index (χ1n) is 7.92. The number of hydrogen-bond acceptors (Lipinski definition) is 6. The largest absolute Gasteiger partial charge is 0.478 e. The van der Waals surface area contributed by atoms with Crippen LogP contribution in [0, 0.1) is 0 Å². The average molecular weight is 348 g/mol. The minimum Gasteiger partial charge on any atom is -0.478 e. The Bertz CT molecular complexity index is 715. The predicted molar refractivity (Wildman–Crippen MR) is 92.9 cm³/mol. The van der Waals surface area contributed by atoms with Gasteiger partial charge in [0.25, 0.3) is 0 Å². The van der Waals surface area contributed by atoms with Gasteiger partial charge in [0.1, 0.15) is 10.8 Å². The minimum absolute atomic E-state index is 0.384. The van der Waals surface area contributed by atoms with E-state index < -0.39 is 0 Å². The van der Waals surface area contributed by atoms with Crippen LogP contribution in [-0.2, 0) is 0 Å². The first-order valence-corrected chi connectivity index (χ1v) is 9.14. The molecule has 0 aliphatic heterocycles. The smallest absolute Gasteiger partial charge is 0.325 e. The summed E-state index contributed by atoms with van der Waals surface area (Å²) in [6.07, 6.45) is 5.06. The van der Waals surface area contributed by atoms with Crippen LogP contribution in [0.15, 0.2) is 27.7 Å². The molecule has 7 nitrogen and oxygen atoms in total. The number of anilines is 2. The Morgan fingerprint density at radius 2 is 2.25 bits per heavy atom. The molecule has 0 atom stereocenters. The second kappa shape index (κ2) is 7.57. The monoisotopic (exact) mass is 348 g/mol. The fraction of sp³-hybridized carbons (Fsp3) is 0.438. The van der Waals surface area contributed by atoms with E-state index in [1.54, 1.807) is 18.2 Å². The number of aromatic nitrogens is 2. The van der Waals surface area contributed by atoms with E-state index in [2.05, 4.69) is 20.8 Å². The van der Waals surface area contributed by atoms with Crippen LogP contribution in [0.1, 0.15) is 37.9 Å². The van der Waals surface area contributed by atoms with Crippen molar-refractivity contribution in [2.75, 3.05) is 23.5 Å². The highest BCUT2D eigenvalue weighted by atomic mass is 32.2. The Hall–Kier alpha value is -2.22. The number of nitrogens with zero attached hydrogens (tertiary/aromatic N) is 2. The van der Waals surface area contributed by atoms with E-state index in [0.717, 1.165) is 25.0 Å². The van der Waals surface area contributed by atoms with Gasteiger partial charge in [0.2, 0.25) is 5.88 Å². The Balaban J connectivity index is 1.61. The number of hydrogen-bond donors (Lipinski definition) is 2. The summed E-state index contributed by atoms with van der Waals surface area (Å²) in [6, 6.07) is 4.91. The van der Waals surface area contributed by atoms with Gasteiger partial charge in [-0.15, -0.1) is 11.8 Å². The van der Waals surface area contributed by atoms with Gasteiger partial charge >= 0.3 is 6.03 Å². The fourth-order valence-corrected chi connectivity index (χ4v) is 2.66. The van der Waals surface area contributed by atoms with Gasteiger partial charge in [-0.2, -0.15) is 0 Å². The first kappa shape index (κ1) is 16.6. The molecule has 1 saturated carbocycles. The minimum atomic E-state index is -0.384. The molecular weight excluding hydrogens is 328 g/mol. The molecule has 0 bridgehead atoms. The number of rotatable bonds is 7. The van der Waals surface area contributed by atoms with Crippen molar-refractivity contribution in [1.29, 1.82) is 0 Å². The fourth-order valence-electron chi connectivity index (χ4n) is 2.14. The summed E-state index contributed by atoms with van der Waals surface area (Å²) in [4.78, 5) is 16.5. The van der Waals surface area contributed by atoms with E-state index in [9.17, 15) is 4.79 Å². The van der Waals surface area contributed by atoms with Crippen LogP contribution in [0.25, 0.3) is 0 Å². The summed E-state index contributed by atoms with van der Waals surface area (Å²) in [7, 11) is 0. The van der Waals surface area contributed by atoms with Crippen molar-refractivity contribution in [3.8, 4) is 5.88 Å². The van der Waals surface area contributed by atoms with Gasteiger partial charge < -0.3 is 14.6 Å². The van der Waals surface area contributed by atoms with E-state index in [0.29, 0.717) is 34.9 Å². The number of nitrogens with one attached hydrogen (secondary N) is 2. The molecule has 8 heteroatoms. The lowest BCUT2D eigenvalue weighted by molar-refractivity contribution is 0.261. The number of ether oxygens (including phenoxy) is 1. The molecule has 0 saturated heterocycles. The zero-order valence-corrected chi connectivity index (χ0v) is 14.5. The summed E-state index contributed by atoms with van der Waals surface area (Å²) in [6.45, 7) is 2.65. The van der Waals surface area contributed by atoms with Gasteiger partial charge in [0, 0.05) is 18.1 Å². The topological polar surface area (TPSA) is 89.3 Å². The van der Waals surface area contributed by atoms with Crippen molar-refractivity contribution >= 4 is 29.3 Å². The molecule has 2 N–H and O–H groups in total. The van der Waals surface area contributed by atoms with Crippen molar-refractivity contribution in [3.05, 3.63) is 24.0 Å². The van der Waals surface area contributed by atoms with E-state index in [1.165, 1.54) is 11.8 Å². The molecule has 1 aliphatic carbocycles. The van der Waals surface area contributed by atoms with Gasteiger partial charge in [0.05, 0.1) is 12.3 Å². The number of carbonyl (C=O) groups is 1. The van der Waals surface area contributed by atoms with Gasteiger partial charge in [0.15, 0.2) is 5.82 Å². The molecule has 1 aliphatic rings. The average Bonchev–Trinajstić information content (AvgIpc) is 3.34. The highest BCUT2D eigenvalue weighted by Crippen LogP contribution is 2.40. The molecule has 24 heavy (non-hydrogen) atoms. The third-order valence-corrected chi connectivity index (χ3v) is 4.18. The van der Waals surface area contributed by atoms with Gasteiger partial charge in [-0.05, 0) is 31.6 Å². The molecule has 3 rings (SSSR count). The Morgan fingerprint density at radius 3 is 2.96 bits per heavy atom. The quantitative estimate of drug-likeness (QED) is 0.732. The number of urea groups is 1. The van der Waals surface area contributed by atoms with Crippen LogP contribution < -0.4 is 15.4 Å². The third kappa shape index (κ3) is 4.19. The summed E-state index contributed by atoms with van der Waals surface area (Å²) in [5.74, 6) is 2.25. The normalized spacial score (nSPS) is 13.6. The number of pyridine rings is 1. The lowest BCUT2D eigenvalue weighted by Crippen LogP contribution is -2.20. The van der Waals surface area contributed by atoms with Crippen molar-refractivity contribution in [3.63, 3.8) is 0 Å². The van der Waals surface area contributed by atoms with Crippen molar-refractivity contribution in [1.82, 2.24) is 10.1 Å². The Labute approximate surface area is 144 Å². The zero-order chi connectivity index (χ0) is 16.9. The Morgan fingerprint density at radius 1 is 1.42 bits per heavy atom. The predicted octanol–water partition coefficient (Wildman–Crippen LogP) is 4.10. The molecule has 2 aromatic rings. The summed E-state index contributed by atoms with van der Waals surface area (Å²) in [5, 5.41) is 10.0. The molecular formula is C16H20N4O3S. The summed E-state index contributed by atoms with van der Waals surface area (Å²) < 4.78 is 10.7. The maximum atomic E-state index is 12.1. The maximum absolute atomic E-state index is 12.1. The molecule has 0 spiro atoms. The summed E-state index contributed by atoms with van der Waals surface area (Å²) >= 11 is 1.44. The van der Waals surface area contributed by atoms with E-state index in [4.69, 9.17) is 9.26 Å². The van der Waals surface area contributed by atoms with Crippen LogP contribution in [0.4, 0.5) is 16.3 Å². The van der Waals surface area contributed by atoms with Gasteiger partial charge in [-0.25, -0.2) is 9.78 Å². The second-order valence-corrected chi connectivity index (χ2v) is 6.32. The summed E-state index contributed by atoms with van der Waals surface area (Å²) in [5.41, 5.74) is 0.620. The van der Waals surface area contributed by atoms with Crippen LogP contribution >= 0.6 is 11.8 Å². The molecule has 0 radical (unpaired) electrons. The van der Waals surface area contributed by atoms with Crippen molar-refractivity contribution in [2.24, 2.45) is 0 Å². The van der Waals surface area contributed by atoms with Crippen LogP contribution in [0.5, 0.6) is 5.88 Å². The number of carbonyl (C=O) groups excluding carboxylic acids is 1. The SMILES string of the molecule is CCCOc1ccc(NC(=O)Nc2cc(C3CC3)on2)c(SC)n1.